The van der Waals surface area contributed by atoms with Crippen molar-refractivity contribution >= 4 is 45.6 Å². The number of nitrogens with zero attached hydrogens (tertiary/aromatic N) is 3. The number of nitrogens with one attached hydrogen (secondary N) is 1. The Hall–Kier alpha value is -1.96. The maximum atomic E-state index is 12.7. The highest BCUT2D eigenvalue weighted by atomic mass is 35.5. The molecule has 6 nitrogen and oxygen atoms in total. The summed E-state index contributed by atoms with van der Waals surface area (Å²) in [6, 6.07) is 7.69. The summed E-state index contributed by atoms with van der Waals surface area (Å²) in [5, 5.41) is 4.13. The number of piperidine rings is 1. The molecule has 2 aliphatic heterocycles. The lowest BCUT2D eigenvalue weighted by atomic mass is 10.0. The highest BCUT2D eigenvalue weighted by Gasteiger charge is 2.35. The zero-order valence-corrected chi connectivity index (χ0v) is 18.0. The Morgan fingerprint density at radius 2 is 2.10 bits per heavy atom. The van der Waals surface area contributed by atoms with E-state index in [9.17, 15) is 9.59 Å². The van der Waals surface area contributed by atoms with E-state index < -0.39 is 0 Å². The summed E-state index contributed by atoms with van der Waals surface area (Å²) in [6.45, 7) is 4.63. The van der Waals surface area contributed by atoms with Crippen LogP contribution in [0.15, 0.2) is 30.5 Å². The number of rotatable bonds is 5. The molecule has 8 heteroatoms. The second kappa shape index (κ2) is 8.81. The Balaban J connectivity index is 1.34. The second-order valence-electron chi connectivity index (χ2n) is 7.82. The fourth-order valence-electron chi connectivity index (χ4n) is 3.99. The summed E-state index contributed by atoms with van der Waals surface area (Å²) < 4.78 is 0. The van der Waals surface area contributed by atoms with Crippen LogP contribution in [-0.2, 0) is 16.1 Å². The average Bonchev–Trinajstić information content (AvgIpc) is 3.31. The van der Waals surface area contributed by atoms with Gasteiger partial charge in [-0.1, -0.05) is 18.0 Å². The number of amides is 2. The highest BCUT2D eigenvalue weighted by molar-refractivity contribution is 7.15. The van der Waals surface area contributed by atoms with Gasteiger partial charge in [0.2, 0.25) is 11.8 Å². The SMILES string of the molecule is CC1CCCCN1Cc1cnc(NC(=O)C2CC(=O)N(c3ccc(Cl)cc3)C2)s1. The fraction of sp³-hybridized carbons (Fsp3) is 0.476. The van der Waals surface area contributed by atoms with Gasteiger partial charge in [0.05, 0.1) is 5.92 Å². The summed E-state index contributed by atoms with van der Waals surface area (Å²) in [5.41, 5.74) is 0.766. The maximum Gasteiger partial charge on any atom is 0.231 e. The molecule has 0 bridgehead atoms. The minimum atomic E-state index is -0.382. The van der Waals surface area contributed by atoms with E-state index in [-0.39, 0.29) is 24.2 Å². The standard InChI is InChI=1S/C21H25ClN4O2S/c1-14-4-2-3-9-25(14)13-18-11-23-21(29-18)24-20(28)15-10-19(27)26(12-15)17-7-5-16(22)6-8-17/h5-8,11,14-15H,2-4,9-10,12-13H2,1H3,(H,23,24,28). The molecule has 29 heavy (non-hydrogen) atoms. The number of benzene rings is 1. The maximum absolute atomic E-state index is 12.7. The number of halogens is 1. The van der Waals surface area contributed by atoms with Gasteiger partial charge in [0.25, 0.3) is 0 Å². The van der Waals surface area contributed by atoms with E-state index in [1.807, 2.05) is 6.20 Å². The van der Waals surface area contributed by atoms with E-state index in [1.165, 1.54) is 30.6 Å². The monoisotopic (exact) mass is 432 g/mol. The first-order valence-corrected chi connectivity index (χ1v) is 11.2. The second-order valence-corrected chi connectivity index (χ2v) is 9.37. The van der Waals surface area contributed by atoms with Crippen LogP contribution in [0.4, 0.5) is 10.8 Å². The lowest BCUT2D eigenvalue weighted by molar-refractivity contribution is -0.122. The predicted octanol–water partition coefficient (Wildman–Crippen LogP) is 4.16. The van der Waals surface area contributed by atoms with Crippen molar-refractivity contribution in [3.63, 3.8) is 0 Å². The molecule has 2 atom stereocenters. The molecule has 2 saturated heterocycles. The smallest absolute Gasteiger partial charge is 0.231 e. The number of carbonyl (C=O) groups is 2. The molecule has 2 amide bonds. The Morgan fingerprint density at radius 1 is 1.31 bits per heavy atom. The Morgan fingerprint density at radius 3 is 2.86 bits per heavy atom. The molecule has 2 aliphatic rings. The highest BCUT2D eigenvalue weighted by Crippen LogP contribution is 2.28. The topological polar surface area (TPSA) is 65.5 Å². The molecular weight excluding hydrogens is 408 g/mol. The lowest BCUT2D eigenvalue weighted by Crippen LogP contribution is -2.36. The molecule has 3 heterocycles. The van der Waals surface area contributed by atoms with Gasteiger partial charge in [-0.2, -0.15) is 0 Å². The van der Waals surface area contributed by atoms with Crippen LogP contribution < -0.4 is 10.2 Å². The Kier molecular flexibility index (Phi) is 6.18. The van der Waals surface area contributed by atoms with Gasteiger partial charge in [-0.25, -0.2) is 4.98 Å². The third-order valence-electron chi connectivity index (χ3n) is 5.72. The molecule has 1 aromatic carbocycles. The summed E-state index contributed by atoms with van der Waals surface area (Å²) in [5.74, 6) is -0.582. The zero-order valence-electron chi connectivity index (χ0n) is 16.4. The first-order chi connectivity index (χ1) is 14.0. The van der Waals surface area contributed by atoms with Gasteiger partial charge in [-0.3, -0.25) is 14.5 Å². The summed E-state index contributed by atoms with van der Waals surface area (Å²) >= 11 is 7.44. The molecule has 1 N–H and O–H groups in total. The molecule has 0 spiro atoms. The number of aromatic nitrogens is 1. The molecule has 2 fully saturated rings. The number of thiazole rings is 1. The Bertz CT molecular complexity index is 885. The third kappa shape index (κ3) is 4.79. The lowest BCUT2D eigenvalue weighted by Gasteiger charge is -2.32. The minimum Gasteiger partial charge on any atom is -0.312 e. The third-order valence-corrected chi connectivity index (χ3v) is 6.87. The van der Waals surface area contributed by atoms with E-state index in [0.717, 1.165) is 23.7 Å². The Labute approximate surface area is 179 Å². The van der Waals surface area contributed by atoms with Gasteiger partial charge in [-0.05, 0) is 50.6 Å². The van der Waals surface area contributed by atoms with Crippen LogP contribution in [0, 0.1) is 5.92 Å². The molecular formula is C21H25ClN4O2S. The van der Waals surface area contributed by atoms with E-state index in [4.69, 9.17) is 11.6 Å². The number of carbonyl (C=O) groups excluding carboxylic acids is 2. The predicted molar refractivity (Wildman–Crippen MR) is 116 cm³/mol. The summed E-state index contributed by atoms with van der Waals surface area (Å²) in [7, 11) is 0. The number of hydrogen-bond donors (Lipinski definition) is 1. The van der Waals surface area contributed by atoms with Crippen molar-refractivity contribution in [2.24, 2.45) is 5.92 Å². The van der Waals surface area contributed by atoms with Crippen LogP contribution >= 0.6 is 22.9 Å². The van der Waals surface area contributed by atoms with Crippen molar-refractivity contribution in [3.05, 3.63) is 40.4 Å². The van der Waals surface area contributed by atoms with Crippen molar-refractivity contribution in [2.75, 3.05) is 23.3 Å². The van der Waals surface area contributed by atoms with Crippen LogP contribution in [0.25, 0.3) is 0 Å². The number of hydrogen-bond acceptors (Lipinski definition) is 5. The van der Waals surface area contributed by atoms with Gasteiger partial charge in [0.15, 0.2) is 5.13 Å². The van der Waals surface area contributed by atoms with Crippen LogP contribution in [0.2, 0.25) is 5.02 Å². The van der Waals surface area contributed by atoms with Crippen molar-refractivity contribution in [3.8, 4) is 0 Å². The molecule has 0 saturated carbocycles. The quantitative estimate of drug-likeness (QED) is 0.770. The average molecular weight is 433 g/mol. The van der Waals surface area contributed by atoms with Crippen LogP contribution in [-0.4, -0.2) is 40.8 Å². The molecule has 154 valence electrons. The normalized spacial score (nSPS) is 22.8. The first kappa shape index (κ1) is 20.3. The minimum absolute atomic E-state index is 0.0496. The van der Waals surface area contributed by atoms with Gasteiger partial charge in [-0.15, -0.1) is 11.3 Å². The van der Waals surface area contributed by atoms with Gasteiger partial charge in [0, 0.05) is 47.3 Å². The van der Waals surface area contributed by atoms with E-state index in [0.29, 0.717) is 22.7 Å². The fourth-order valence-corrected chi connectivity index (χ4v) is 4.96. The van der Waals surface area contributed by atoms with E-state index >= 15 is 0 Å². The van der Waals surface area contributed by atoms with Crippen molar-refractivity contribution in [1.82, 2.24) is 9.88 Å². The van der Waals surface area contributed by atoms with Crippen molar-refractivity contribution < 1.29 is 9.59 Å². The molecule has 0 radical (unpaired) electrons. The number of anilines is 2. The van der Waals surface area contributed by atoms with E-state index in [2.05, 4.69) is 22.1 Å². The first-order valence-electron chi connectivity index (χ1n) is 10.0. The summed E-state index contributed by atoms with van der Waals surface area (Å²) in [6.07, 6.45) is 5.84. The molecule has 2 aromatic rings. The van der Waals surface area contributed by atoms with Gasteiger partial charge >= 0.3 is 0 Å². The van der Waals surface area contributed by atoms with Crippen LogP contribution in [0.1, 0.15) is 37.5 Å². The van der Waals surface area contributed by atoms with Gasteiger partial charge < -0.3 is 10.2 Å². The van der Waals surface area contributed by atoms with Crippen LogP contribution in [0.3, 0.4) is 0 Å². The van der Waals surface area contributed by atoms with Gasteiger partial charge in [0.1, 0.15) is 0 Å². The zero-order chi connectivity index (χ0) is 20.4. The van der Waals surface area contributed by atoms with Crippen molar-refractivity contribution in [1.29, 1.82) is 0 Å². The largest absolute Gasteiger partial charge is 0.312 e. The molecule has 4 rings (SSSR count). The van der Waals surface area contributed by atoms with Crippen LogP contribution in [0.5, 0.6) is 0 Å². The van der Waals surface area contributed by atoms with E-state index in [1.54, 1.807) is 29.2 Å². The number of likely N-dealkylation sites (tertiary alicyclic amines) is 1. The molecule has 2 unspecified atom stereocenters. The molecule has 1 aromatic heterocycles. The molecule has 0 aliphatic carbocycles. The summed E-state index contributed by atoms with van der Waals surface area (Å²) in [4.78, 5) is 34.7. The van der Waals surface area contributed by atoms with Crippen molar-refractivity contribution in [2.45, 2.75) is 45.2 Å².